The summed E-state index contributed by atoms with van der Waals surface area (Å²) in [5.74, 6) is 1.62. The van der Waals surface area contributed by atoms with Crippen LogP contribution in [0.3, 0.4) is 0 Å². The van der Waals surface area contributed by atoms with Crippen molar-refractivity contribution in [3.8, 4) is 11.5 Å². The van der Waals surface area contributed by atoms with Gasteiger partial charge in [0.05, 0.1) is 0 Å². The number of hydrogen-bond acceptors (Lipinski definition) is 3. The standard InChI is InChI=1S/C24H26O3/c1-15(2)17-13-12-16(3)14-22(17)27-24(25)23-18-8-4-6-10-20(18)26-21-11-7-5-9-19(21)23/h4-11,16-17,22-23H,1,12-14H2,2-3H3. The molecule has 0 spiro atoms. The van der Waals surface area contributed by atoms with Gasteiger partial charge < -0.3 is 9.47 Å². The van der Waals surface area contributed by atoms with Crippen molar-refractivity contribution in [2.75, 3.05) is 0 Å². The highest BCUT2D eigenvalue weighted by atomic mass is 16.5. The first-order chi connectivity index (χ1) is 13.0. The fourth-order valence-corrected chi connectivity index (χ4v) is 4.40. The Labute approximate surface area is 161 Å². The van der Waals surface area contributed by atoms with Gasteiger partial charge in [-0.2, -0.15) is 0 Å². The molecule has 0 bridgehead atoms. The molecule has 2 aliphatic rings. The molecular formula is C24H26O3. The molecule has 0 N–H and O–H groups in total. The zero-order chi connectivity index (χ0) is 19.0. The lowest BCUT2D eigenvalue weighted by Crippen LogP contribution is -2.35. The van der Waals surface area contributed by atoms with Crippen LogP contribution in [0, 0.1) is 11.8 Å². The second-order valence-electron chi connectivity index (χ2n) is 7.96. The van der Waals surface area contributed by atoms with Gasteiger partial charge in [0.25, 0.3) is 0 Å². The van der Waals surface area contributed by atoms with Crippen molar-refractivity contribution in [1.82, 2.24) is 0 Å². The first-order valence-corrected chi connectivity index (χ1v) is 9.76. The van der Waals surface area contributed by atoms with Crippen LogP contribution < -0.4 is 4.74 Å². The minimum absolute atomic E-state index is 0.0964. The molecule has 3 nitrogen and oxygen atoms in total. The zero-order valence-corrected chi connectivity index (χ0v) is 16.0. The third kappa shape index (κ3) is 3.39. The Morgan fingerprint density at radius 1 is 1.04 bits per heavy atom. The first kappa shape index (κ1) is 17.8. The molecule has 3 unspecified atom stereocenters. The summed E-state index contributed by atoms with van der Waals surface area (Å²) >= 11 is 0. The molecule has 0 amide bonds. The zero-order valence-electron chi connectivity index (χ0n) is 16.0. The van der Waals surface area contributed by atoms with Crippen LogP contribution in [-0.4, -0.2) is 12.1 Å². The molecule has 2 aromatic rings. The van der Waals surface area contributed by atoms with E-state index in [1.165, 1.54) is 0 Å². The Morgan fingerprint density at radius 2 is 1.63 bits per heavy atom. The Kier molecular flexibility index (Phi) is 4.77. The van der Waals surface area contributed by atoms with Crippen LogP contribution in [0.1, 0.15) is 50.2 Å². The lowest BCUT2D eigenvalue weighted by atomic mass is 9.77. The predicted molar refractivity (Wildman–Crippen MR) is 106 cm³/mol. The summed E-state index contributed by atoms with van der Waals surface area (Å²) in [6.45, 7) is 8.41. The molecule has 2 aromatic carbocycles. The molecule has 1 aliphatic carbocycles. The van der Waals surface area contributed by atoms with Crippen molar-refractivity contribution >= 4 is 5.97 Å². The predicted octanol–water partition coefficient (Wildman–Crippen LogP) is 5.85. The minimum atomic E-state index is -0.450. The Balaban J connectivity index is 1.66. The molecule has 3 heteroatoms. The van der Waals surface area contributed by atoms with E-state index in [-0.39, 0.29) is 18.0 Å². The fourth-order valence-electron chi connectivity index (χ4n) is 4.40. The summed E-state index contributed by atoms with van der Waals surface area (Å²) in [6.07, 6.45) is 3.00. The molecular weight excluding hydrogens is 336 g/mol. The summed E-state index contributed by atoms with van der Waals surface area (Å²) in [7, 11) is 0. The van der Waals surface area contributed by atoms with Crippen LogP contribution in [0.5, 0.6) is 11.5 Å². The Hall–Kier alpha value is -2.55. The van der Waals surface area contributed by atoms with E-state index in [0.717, 1.165) is 47.5 Å². The number of carbonyl (C=O) groups excluding carboxylic acids is 1. The molecule has 27 heavy (non-hydrogen) atoms. The van der Waals surface area contributed by atoms with Crippen molar-refractivity contribution in [2.24, 2.45) is 11.8 Å². The van der Waals surface area contributed by atoms with Crippen LogP contribution in [0.2, 0.25) is 0 Å². The third-order valence-corrected chi connectivity index (χ3v) is 5.87. The van der Waals surface area contributed by atoms with Crippen LogP contribution in [0.4, 0.5) is 0 Å². The van der Waals surface area contributed by atoms with Crippen molar-refractivity contribution in [1.29, 1.82) is 0 Å². The summed E-state index contributed by atoms with van der Waals surface area (Å²) in [5, 5.41) is 0. The van der Waals surface area contributed by atoms with Crippen LogP contribution in [0.25, 0.3) is 0 Å². The number of para-hydroxylation sites is 2. The number of carbonyl (C=O) groups is 1. The van der Waals surface area contributed by atoms with E-state index in [1.54, 1.807) is 0 Å². The largest absolute Gasteiger partial charge is 0.461 e. The molecule has 140 valence electrons. The van der Waals surface area contributed by atoms with Gasteiger partial charge >= 0.3 is 5.97 Å². The van der Waals surface area contributed by atoms with Gasteiger partial charge in [0.15, 0.2) is 0 Å². The molecule has 1 fully saturated rings. The maximum absolute atomic E-state index is 13.4. The second-order valence-corrected chi connectivity index (χ2v) is 7.96. The second kappa shape index (κ2) is 7.22. The average Bonchev–Trinajstić information content (AvgIpc) is 2.65. The maximum atomic E-state index is 13.4. The summed E-state index contributed by atoms with van der Waals surface area (Å²) < 4.78 is 12.1. The third-order valence-electron chi connectivity index (χ3n) is 5.87. The van der Waals surface area contributed by atoms with Gasteiger partial charge in [0, 0.05) is 17.0 Å². The average molecular weight is 362 g/mol. The monoisotopic (exact) mass is 362 g/mol. The topological polar surface area (TPSA) is 35.5 Å². The quantitative estimate of drug-likeness (QED) is 0.508. The van der Waals surface area contributed by atoms with E-state index >= 15 is 0 Å². The van der Waals surface area contributed by atoms with E-state index in [2.05, 4.69) is 13.5 Å². The number of esters is 1. The van der Waals surface area contributed by atoms with Crippen molar-refractivity contribution in [3.05, 3.63) is 71.8 Å². The van der Waals surface area contributed by atoms with Gasteiger partial charge in [0.1, 0.15) is 23.5 Å². The molecule has 0 radical (unpaired) electrons. The van der Waals surface area contributed by atoms with Crippen LogP contribution in [0.15, 0.2) is 60.7 Å². The van der Waals surface area contributed by atoms with Gasteiger partial charge in [-0.15, -0.1) is 0 Å². The van der Waals surface area contributed by atoms with Gasteiger partial charge in [-0.25, -0.2) is 0 Å². The molecule has 1 saturated carbocycles. The fraction of sp³-hybridized carbons (Fsp3) is 0.375. The van der Waals surface area contributed by atoms with E-state index in [9.17, 15) is 4.79 Å². The number of ether oxygens (including phenoxy) is 2. The van der Waals surface area contributed by atoms with E-state index in [4.69, 9.17) is 9.47 Å². The summed E-state index contributed by atoms with van der Waals surface area (Å²) in [4.78, 5) is 13.4. The van der Waals surface area contributed by atoms with E-state index < -0.39 is 5.92 Å². The molecule has 0 saturated heterocycles. The minimum Gasteiger partial charge on any atom is -0.461 e. The lowest BCUT2D eigenvalue weighted by Gasteiger charge is -2.36. The van der Waals surface area contributed by atoms with Crippen LogP contribution >= 0.6 is 0 Å². The number of fused-ring (bicyclic) bond motifs is 2. The number of rotatable bonds is 3. The maximum Gasteiger partial charge on any atom is 0.318 e. The van der Waals surface area contributed by atoms with Crippen molar-refractivity contribution in [2.45, 2.75) is 45.1 Å². The number of benzene rings is 2. The Morgan fingerprint density at radius 3 is 2.22 bits per heavy atom. The highest BCUT2D eigenvalue weighted by Crippen LogP contribution is 2.45. The molecule has 3 atom stereocenters. The molecule has 4 rings (SSSR count). The highest BCUT2D eigenvalue weighted by molar-refractivity contribution is 5.85. The van der Waals surface area contributed by atoms with E-state index in [0.29, 0.717) is 5.92 Å². The van der Waals surface area contributed by atoms with Gasteiger partial charge in [-0.05, 0) is 44.2 Å². The highest BCUT2D eigenvalue weighted by Gasteiger charge is 2.38. The molecule has 1 heterocycles. The summed E-state index contributed by atoms with van der Waals surface area (Å²) in [6, 6.07) is 15.5. The van der Waals surface area contributed by atoms with Crippen molar-refractivity contribution in [3.63, 3.8) is 0 Å². The first-order valence-electron chi connectivity index (χ1n) is 9.76. The van der Waals surface area contributed by atoms with Gasteiger partial charge in [-0.1, -0.05) is 55.5 Å². The number of hydrogen-bond donors (Lipinski definition) is 0. The van der Waals surface area contributed by atoms with E-state index in [1.807, 2.05) is 55.5 Å². The normalized spacial score (nSPS) is 24.3. The summed E-state index contributed by atoms with van der Waals surface area (Å²) in [5.41, 5.74) is 2.85. The SMILES string of the molecule is C=C(C)C1CCC(C)CC1OC(=O)C1c2ccccc2Oc2ccccc21. The van der Waals surface area contributed by atoms with Crippen LogP contribution in [-0.2, 0) is 9.53 Å². The molecule has 1 aliphatic heterocycles. The smallest absolute Gasteiger partial charge is 0.318 e. The van der Waals surface area contributed by atoms with Crippen molar-refractivity contribution < 1.29 is 14.3 Å². The Bertz CT molecular complexity index is 824. The lowest BCUT2D eigenvalue weighted by molar-refractivity contribution is -0.154. The van der Waals surface area contributed by atoms with Gasteiger partial charge in [-0.3, -0.25) is 4.79 Å². The molecule has 0 aromatic heterocycles. The van der Waals surface area contributed by atoms with Gasteiger partial charge in [0.2, 0.25) is 0 Å².